The molecule has 4 aliphatic rings. The molecule has 4 N–H and O–H groups in total. The molecule has 4 aliphatic carbocycles. The Kier molecular flexibility index (Phi) is 6.88. The predicted octanol–water partition coefficient (Wildman–Crippen LogP) is 4.38. The van der Waals surface area contributed by atoms with Gasteiger partial charge in [-0.25, -0.2) is 0 Å². The average Bonchev–Trinajstić information content (AvgIpc) is 3.04. The van der Waals surface area contributed by atoms with Gasteiger partial charge in [-0.3, -0.25) is 0 Å². The van der Waals surface area contributed by atoms with Crippen LogP contribution in [0.3, 0.4) is 0 Å². The lowest BCUT2D eigenvalue weighted by molar-refractivity contribution is -0.208. The molecule has 180 valence electrons. The molecule has 0 aromatic rings. The van der Waals surface area contributed by atoms with Crippen LogP contribution in [-0.4, -0.2) is 45.3 Å². The summed E-state index contributed by atoms with van der Waals surface area (Å²) < 4.78 is 0. The minimum Gasteiger partial charge on any atom is -0.396 e. The lowest BCUT2D eigenvalue weighted by Crippen LogP contribution is -2.62. The second-order valence-corrected chi connectivity index (χ2v) is 12.8. The van der Waals surface area contributed by atoms with Gasteiger partial charge in [0.1, 0.15) is 0 Å². The van der Waals surface area contributed by atoms with Crippen molar-refractivity contribution in [3.8, 4) is 0 Å². The maximum absolute atomic E-state index is 11.6. The van der Waals surface area contributed by atoms with Crippen LogP contribution in [0, 0.1) is 52.3 Å². The molecule has 4 fully saturated rings. The second-order valence-electron chi connectivity index (χ2n) is 12.8. The highest BCUT2D eigenvalue weighted by molar-refractivity contribution is 5.13. The molecular formula is C27H48O4. The molecule has 4 rings (SSSR count). The molecule has 31 heavy (non-hydrogen) atoms. The van der Waals surface area contributed by atoms with Gasteiger partial charge in [-0.2, -0.15) is 0 Å². The smallest absolute Gasteiger partial charge is 0.0832 e. The Morgan fingerprint density at radius 3 is 2.23 bits per heavy atom. The number of aliphatic hydroxyl groups excluding tert-OH is 4. The molecular weight excluding hydrogens is 388 g/mol. The van der Waals surface area contributed by atoms with E-state index in [4.69, 9.17) is 0 Å². The molecule has 0 aliphatic heterocycles. The third-order valence-electron chi connectivity index (χ3n) is 10.9. The van der Waals surface area contributed by atoms with Gasteiger partial charge >= 0.3 is 0 Å². The monoisotopic (exact) mass is 436 g/mol. The molecule has 0 bridgehead atoms. The van der Waals surface area contributed by atoms with Crippen molar-refractivity contribution in [2.24, 2.45) is 52.3 Å². The Bertz CT molecular complexity index is 622. The summed E-state index contributed by atoms with van der Waals surface area (Å²) in [5.41, 5.74) is 0.0375. The fourth-order valence-electron chi connectivity index (χ4n) is 9.46. The zero-order chi connectivity index (χ0) is 22.6. The lowest BCUT2D eigenvalue weighted by atomic mass is 9.43. The minimum absolute atomic E-state index is 0.0754. The first-order chi connectivity index (χ1) is 14.6. The molecule has 0 saturated heterocycles. The first kappa shape index (κ1) is 24.0. The summed E-state index contributed by atoms with van der Waals surface area (Å²) in [6, 6.07) is 0. The fourth-order valence-corrected chi connectivity index (χ4v) is 9.46. The van der Waals surface area contributed by atoms with E-state index in [0.717, 1.165) is 32.1 Å². The SMILES string of the molecule is CC(C)CCCC(CO)C1CCC2C3CCC4C(O)C(O)CCC4(C)C3C(O)CC12C. The van der Waals surface area contributed by atoms with Crippen LogP contribution in [-0.2, 0) is 0 Å². The molecule has 0 radical (unpaired) electrons. The van der Waals surface area contributed by atoms with Crippen molar-refractivity contribution < 1.29 is 20.4 Å². The normalized spacial score (nSPS) is 50.6. The van der Waals surface area contributed by atoms with Gasteiger partial charge in [0, 0.05) is 6.61 Å². The largest absolute Gasteiger partial charge is 0.396 e. The summed E-state index contributed by atoms with van der Waals surface area (Å²) in [7, 11) is 0. The Hall–Kier alpha value is -0.160. The summed E-state index contributed by atoms with van der Waals surface area (Å²) in [6.07, 6.45) is 8.79. The summed E-state index contributed by atoms with van der Waals surface area (Å²) in [5, 5.41) is 42.9. The molecule has 0 spiro atoms. The molecule has 0 aromatic heterocycles. The van der Waals surface area contributed by atoms with Gasteiger partial charge in [0.15, 0.2) is 0 Å². The summed E-state index contributed by atoms with van der Waals surface area (Å²) in [4.78, 5) is 0. The summed E-state index contributed by atoms with van der Waals surface area (Å²) in [5.74, 6) is 3.05. The number of rotatable bonds is 6. The Morgan fingerprint density at radius 2 is 1.55 bits per heavy atom. The van der Waals surface area contributed by atoms with Crippen LogP contribution in [0.2, 0.25) is 0 Å². The highest BCUT2D eigenvalue weighted by Crippen LogP contribution is 2.68. The van der Waals surface area contributed by atoms with E-state index in [1.165, 1.54) is 25.7 Å². The van der Waals surface area contributed by atoms with Crippen LogP contribution < -0.4 is 0 Å². The van der Waals surface area contributed by atoms with Gasteiger partial charge in [0.05, 0.1) is 18.3 Å². The lowest BCUT2D eigenvalue weighted by Gasteiger charge is -2.63. The van der Waals surface area contributed by atoms with Crippen molar-refractivity contribution in [1.82, 2.24) is 0 Å². The van der Waals surface area contributed by atoms with Gasteiger partial charge in [-0.1, -0.05) is 40.5 Å². The van der Waals surface area contributed by atoms with E-state index in [2.05, 4.69) is 27.7 Å². The van der Waals surface area contributed by atoms with Crippen molar-refractivity contribution in [2.75, 3.05) is 6.61 Å². The third-order valence-corrected chi connectivity index (χ3v) is 10.9. The maximum atomic E-state index is 11.6. The van der Waals surface area contributed by atoms with E-state index in [-0.39, 0.29) is 35.4 Å². The number of hydrogen-bond donors (Lipinski definition) is 4. The van der Waals surface area contributed by atoms with Crippen LogP contribution in [0.25, 0.3) is 0 Å². The minimum atomic E-state index is -0.642. The van der Waals surface area contributed by atoms with E-state index in [0.29, 0.717) is 36.0 Å². The molecule has 0 aromatic carbocycles. The van der Waals surface area contributed by atoms with E-state index in [1.54, 1.807) is 0 Å². The first-order valence-electron chi connectivity index (χ1n) is 13.3. The first-order valence-corrected chi connectivity index (χ1v) is 13.3. The molecule has 4 heteroatoms. The van der Waals surface area contributed by atoms with E-state index in [9.17, 15) is 20.4 Å². The van der Waals surface area contributed by atoms with Crippen molar-refractivity contribution in [1.29, 1.82) is 0 Å². The molecule has 4 nitrogen and oxygen atoms in total. The molecule has 4 saturated carbocycles. The summed E-state index contributed by atoms with van der Waals surface area (Å²) in [6.45, 7) is 9.55. The predicted molar refractivity (Wildman–Crippen MR) is 123 cm³/mol. The van der Waals surface area contributed by atoms with Gasteiger partial charge in [-0.15, -0.1) is 0 Å². The molecule has 11 unspecified atom stereocenters. The van der Waals surface area contributed by atoms with Crippen LogP contribution in [0.15, 0.2) is 0 Å². The van der Waals surface area contributed by atoms with Gasteiger partial charge in [0.2, 0.25) is 0 Å². The van der Waals surface area contributed by atoms with Crippen LogP contribution in [0.1, 0.15) is 91.9 Å². The van der Waals surface area contributed by atoms with Crippen molar-refractivity contribution in [2.45, 2.75) is 110 Å². The quantitative estimate of drug-likeness (QED) is 0.498. The average molecular weight is 437 g/mol. The van der Waals surface area contributed by atoms with Crippen LogP contribution >= 0.6 is 0 Å². The third kappa shape index (κ3) is 3.92. The van der Waals surface area contributed by atoms with E-state index in [1.807, 2.05) is 0 Å². The number of fused-ring (bicyclic) bond motifs is 5. The Labute approximate surface area is 189 Å². The van der Waals surface area contributed by atoms with Crippen molar-refractivity contribution >= 4 is 0 Å². The van der Waals surface area contributed by atoms with Crippen LogP contribution in [0.4, 0.5) is 0 Å². The molecule has 11 atom stereocenters. The highest BCUT2D eigenvalue weighted by atomic mass is 16.3. The zero-order valence-corrected chi connectivity index (χ0v) is 20.3. The van der Waals surface area contributed by atoms with E-state index >= 15 is 0 Å². The standard InChI is InChI=1S/C27H48O4/c1-16(2)6-5-7-17(15-28)19-10-11-20-18-8-9-21-25(31)22(29)12-13-26(21,3)24(18)23(30)14-27(19,20)4/h16-25,28-31H,5-15H2,1-4H3. The fraction of sp³-hybridized carbons (Fsp3) is 1.00. The van der Waals surface area contributed by atoms with Gasteiger partial charge < -0.3 is 20.4 Å². The molecule has 0 heterocycles. The van der Waals surface area contributed by atoms with Crippen LogP contribution in [0.5, 0.6) is 0 Å². The van der Waals surface area contributed by atoms with Gasteiger partial charge in [0.25, 0.3) is 0 Å². The maximum Gasteiger partial charge on any atom is 0.0832 e. The summed E-state index contributed by atoms with van der Waals surface area (Å²) >= 11 is 0. The number of hydrogen-bond acceptors (Lipinski definition) is 4. The Balaban J connectivity index is 1.55. The Morgan fingerprint density at radius 1 is 0.839 bits per heavy atom. The van der Waals surface area contributed by atoms with E-state index < -0.39 is 12.2 Å². The van der Waals surface area contributed by atoms with Crippen molar-refractivity contribution in [3.05, 3.63) is 0 Å². The molecule has 0 amide bonds. The second kappa shape index (κ2) is 8.89. The number of aliphatic hydroxyl groups is 4. The van der Waals surface area contributed by atoms with Crippen molar-refractivity contribution in [3.63, 3.8) is 0 Å². The zero-order valence-electron chi connectivity index (χ0n) is 20.3. The highest BCUT2D eigenvalue weighted by Gasteiger charge is 2.64. The van der Waals surface area contributed by atoms with Gasteiger partial charge in [-0.05, 0) is 104 Å². The topological polar surface area (TPSA) is 80.9 Å².